The molecule has 0 aliphatic rings. The summed E-state index contributed by atoms with van der Waals surface area (Å²) in [5, 5.41) is 4.78. The molecule has 0 fully saturated rings. The Morgan fingerprint density at radius 3 is 2.85 bits per heavy atom. The number of thiophene rings is 1. The van der Waals surface area contributed by atoms with Crippen LogP contribution < -0.4 is 11.1 Å². The highest BCUT2D eigenvalue weighted by atomic mass is 32.1. The van der Waals surface area contributed by atoms with Crippen molar-refractivity contribution in [1.29, 1.82) is 0 Å². The van der Waals surface area contributed by atoms with E-state index in [1.807, 2.05) is 48.7 Å². The summed E-state index contributed by atoms with van der Waals surface area (Å²) >= 11 is 1.48. The first-order valence-corrected chi connectivity index (χ1v) is 7.35. The lowest BCUT2D eigenvalue weighted by molar-refractivity contribution is -0.117. The lowest BCUT2D eigenvalue weighted by atomic mass is 10.1. The van der Waals surface area contributed by atoms with Gasteiger partial charge >= 0.3 is 0 Å². The summed E-state index contributed by atoms with van der Waals surface area (Å²) < 4.78 is 5.39. The Morgan fingerprint density at radius 1 is 1.35 bits per heavy atom. The molecule has 0 bridgehead atoms. The maximum atomic E-state index is 12.2. The number of ether oxygens (including phenoxy) is 1. The molecule has 0 saturated carbocycles. The Hall–Kier alpha value is -1.69. The molecule has 20 heavy (non-hydrogen) atoms. The lowest BCUT2D eigenvalue weighted by Crippen LogP contribution is -2.27. The maximum absolute atomic E-state index is 12.2. The van der Waals surface area contributed by atoms with Crippen molar-refractivity contribution in [2.75, 3.05) is 11.9 Å². The van der Waals surface area contributed by atoms with Gasteiger partial charge in [-0.1, -0.05) is 24.3 Å². The summed E-state index contributed by atoms with van der Waals surface area (Å²) in [6, 6.07) is 10.7. The number of benzene rings is 1. The molecule has 0 spiro atoms. The fourth-order valence-electron chi connectivity index (χ4n) is 1.79. The van der Waals surface area contributed by atoms with Crippen molar-refractivity contribution in [2.45, 2.75) is 19.6 Å². The number of nitrogens with two attached hydrogens (primary N) is 1. The van der Waals surface area contributed by atoms with Crippen LogP contribution in [0.2, 0.25) is 0 Å². The zero-order valence-electron chi connectivity index (χ0n) is 11.3. The van der Waals surface area contributed by atoms with Crippen LogP contribution in [0.1, 0.15) is 23.4 Å². The van der Waals surface area contributed by atoms with E-state index in [-0.39, 0.29) is 5.91 Å². The van der Waals surface area contributed by atoms with E-state index in [1.54, 1.807) is 0 Å². The minimum atomic E-state index is -0.643. The smallest absolute Gasteiger partial charge is 0.246 e. The summed E-state index contributed by atoms with van der Waals surface area (Å²) in [5.74, 6) is -0.212. The molecule has 0 saturated heterocycles. The Kier molecular flexibility index (Phi) is 5.29. The zero-order valence-corrected chi connectivity index (χ0v) is 12.2. The predicted octanol–water partition coefficient (Wildman–Crippen LogP) is 2.92. The molecule has 1 aromatic carbocycles. The normalized spacial score (nSPS) is 12.1. The van der Waals surface area contributed by atoms with Gasteiger partial charge in [0.25, 0.3) is 0 Å². The molecular weight excluding hydrogens is 272 g/mol. The number of rotatable bonds is 6. The van der Waals surface area contributed by atoms with E-state index >= 15 is 0 Å². The molecule has 2 rings (SSSR count). The zero-order chi connectivity index (χ0) is 14.4. The second-order valence-electron chi connectivity index (χ2n) is 4.28. The minimum Gasteiger partial charge on any atom is -0.377 e. The van der Waals surface area contributed by atoms with Gasteiger partial charge < -0.3 is 15.8 Å². The van der Waals surface area contributed by atoms with Crippen LogP contribution in [0.4, 0.5) is 5.69 Å². The summed E-state index contributed by atoms with van der Waals surface area (Å²) in [4.78, 5) is 13.0. The number of carbonyl (C=O) groups excluding carboxylic acids is 1. The van der Waals surface area contributed by atoms with Gasteiger partial charge in [0, 0.05) is 22.7 Å². The molecule has 1 heterocycles. The van der Waals surface area contributed by atoms with Crippen LogP contribution in [0.25, 0.3) is 0 Å². The van der Waals surface area contributed by atoms with Crippen molar-refractivity contribution < 1.29 is 9.53 Å². The van der Waals surface area contributed by atoms with Gasteiger partial charge in [0.05, 0.1) is 6.61 Å². The second-order valence-corrected chi connectivity index (χ2v) is 5.26. The molecule has 4 nitrogen and oxygen atoms in total. The average Bonchev–Trinajstić information content (AvgIpc) is 2.99. The van der Waals surface area contributed by atoms with E-state index in [0.717, 1.165) is 16.1 Å². The lowest BCUT2D eigenvalue weighted by Gasteiger charge is -2.14. The number of amides is 1. The van der Waals surface area contributed by atoms with Crippen LogP contribution in [0, 0.1) is 0 Å². The number of nitrogens with one attached hydrogen (secondary N) is 1. The fourth-order valence-corrected chi connectivity index (χ4v) is 2.51. The molecule has 1 unspecified atom stereocenters. The highest BCUT2D eigenvalue weighted by molar-refractivity contribution is 7.10. The van der Waals surface area contributed by atoms with Gasteiger partial charge in [-0.15, -0.1) is 11.3 Å². The monoisotopic (exact) mass is 290 g/mol. The van der Waals surface area contributed by atoms with Crippen molar-refractivity contribution in [3.05, 3.63) is 52.2 Å². The van der Waals surface area contributed by atoms with Crippen molar-refractivity contribution in [1.82, 2.24) is 0 Å². The van der Waals surface area contributed by atoms with E-state index < -0.39 is 6.04 Å². The van der Waals surface area contributed by atoms with Crippen LogP contribution in [0.5, 0.6) is 0 Å². The third-order valence-electron chi connectivity index (χ3n) is 2.87. The second kappa shape index (κ2) is 7.19. The molecule has 5 heteroatoms. The summed E-state index contributed by atoms with van der Waals surface area (Å²) in [7, 11) is 0. The highest BCUT2D eigenvalue weighted by Gasteiger charge is 2.17. The number of anilines is 1. The Labute approximate surface area is 122 Å². The maximum Gasteiger partial charge on any atom is 0.246 e. The van der Waals surface area contributed by atoms with Crippen LogP contribution in [0.15, 0.2) is 41.8 Å². The average molecular weight is 290 g/mol. The Morgan fingerprint density at radius 2 is 2.15 bits per heavy atom. The molecule has 2 aromatic rings. The third kappa shape index (κ3) is 3.66. The van der Waals surface area contributed by atoms with Gasteiger partial charge in [-0.2, -0.15) is 0 Å². The third-order valence-corrected chi connectivity index (χ3v) is 3.82. The SMILES string of the molecule is CCOCc1ccccc1NC(=O)C(N)c1cccs1. The molecule has 106 valence electrons. The van der Waals surface area contributed by atoms with Gasteiger partial charge in [0.1, 0.15) is 6.04 Å². The van der Waals surface area contributed by atoms with E-state index in [9.17, 15) is 4.79 Å². The van der Waals surface area contributed by atoms with Crippen LogP contribution in [0.3, 0.4) is 0 Å². The van der Waals surface area contributed by atoms with Gasteiger partial charge in [0.2, 0.25) is 5.91 Å². The quantitative estimate of drug-likeness (QED) is 0.859. The Bertz CT molecular complexity index is 555. The number of hydrogen-bond acceptors (Lipinski definition) is 4. The molecule has 0 aliphatic carbocycles. The first kappa shape index (κ1) is 14.7. The molecular formula is C15H18N2O2S. The molecule has 1 atom stereocenters. The van der Waals surface area contributed by atoms with Crippen LogP contribution >= 0.6 is 11.3 Å². The van der Waals surface area contributed by atoms with E-state index in [1.165, 1.54) is 11.3 Å². The summed E-state index contributed by atoms with van der Waals surface area (Å²) in [6.07, 6.45) is 0. The number of carbonyl (C=O) groups is 1. The number of hydrogen-bond donors (Lipinski definition) is 2. The standard InChI is InChI=1S/C15H18N2O2S/c1-2-19-10-11-6-3-4-7-12(11)17-15(18)14(16)13-8-5-9-20-13/h3-9,14H,2,10,16H2,1H3,(H,17,18). The van der Waals surface area contributed by atoms with Crippen molar-refractivity contribution in [2.24, 2.45) is 5.73 Å². The molecule has 0 aliphatic heterocycles. The predicted molar refractivity (Wildman–Crippen MR) is 81.6 cm³/mol. The molecule has 1 aromatic heterocycles. The van der Waals surface area contributed by atoms with Gasteiger partial charge in [0.15, 0.2) is 0 Å². The fraction of sp³-hybridized carbons (Fsp3) is 0.267. The van der Waals surface area contributed by atoms with Crippen LogP contribution in [-0.2, 0) is 16.1 Å². The molecule has 1 amide bonds. The summed E-state index contributed by atoms with van der Waals surface area (Å²) in [6.45, 7) is 3.05. The highest BCUT2D eigenvalue weighted by Crippen LogP contribution is 2.21. The first-order valence-electron chi connectivity index (χ1n) is 6.48. The van der Waals surface area contributed by atoms with Crippen molar-refractivity contribution in [3.8, 4) is 0 Å². The largest absolute Gasteiger partial charge is 0.377 e. The van der Waals surface area contributed by atoms with Gasteiger partial charge in [-0.05, 0) is 24.4 Å². The summed E-state index contributed by atoms with van der Waals surface area (Å²) in [5.41, 5.74) is 7.64. The van der Waals surface area contributed by atoms with E-state index in [4.69, 9.17) is 10.5 Å². The van der Waals surface area contributed by atoms with Crippen LogP contribution in [-0.4, -0.2) is 12.5 Å². The van der Waals surface area contributed by atoms with E-state index in [2.05, 4.69) is 5.32 Å². The van der Waals surface area contributed by atoms with E-state index in [0.29, 0.717) is 13.2 Å². The van der Waals surface area contributed by atoms with Crippen molar-refractivity contribution >= 4 is 22.9 Å². The minimum absolute atomic E-state index is 0.212. The van der Waals surface area contributed by atoms with Gasteiger partial charge in [-0.25, -0.2) is 0 Å². The van der Waals surface area contributed by atoms with Crippen molar-refractivity contribution in [3.63, 3.8) is 0 Å². The molecule has 0 radical (unpaired) electrons. The Balaban J connectivity index is 2.07. The molecule has 3 N–H and O–H groups in total. The topological polar surface area (TPSA) is 64.3 Å². The first-order chi connectivity index (χ1) is 9.72. The number of para-hydroxylation sites is 1. The van der Waals surface area contributed by atoms with Gasteiger partial charge in [-0.3, -0.25) is 4.79 Å².